The number of carboxylic acid groups (broad SMARTS) is 1. The highest BCUT2D eigenvalue weighted by molar-refractivity contribution is 5.84. The predicted molar refractivity (Wildman–Crippen MR) is 69.7 cm³/mol. The Balaban J connectivity index is -0.000000174. The van der Waals surface area contributed by atoms with Crippen molar-refractivity contribution in [3.63, 3.8) is 0 Å². The quantitative estimate of drug-likeness (QED) is 0.468. The molecular formula is C13H20O4. The molecule has 0 saturated heterocycles. The number of hydrogen-bond donors (Lipinski definition) is 1. The summed E-state index contributed by atoms with van der Waals surface area (Å²) in [5, 5.41) is 7.89. The summed E-state index contributed by atoms with van der Waals surface area (Å²) in [5.41, 5.74) is 1.19. The van der Waals surface area contributed by atoms with Crippen molar-refractivity contribution in [3.05, 3.63) is 49.6 Å². The van der Waals surface area contributed by atoms with Crippen molar-refractivity contribution in [2.75, 3.05) is 7.11 Å². The van der Waals surface area contributed by atoms with Crippen molar-refractivity contribution >= 4 is 11.9 Å². The van der Waals surface area contributed by atoms with Gasteiger partial charge in [0.15, 0.2) is 0 Å². The highest BCUT2D eigenvalue weighted by atomic mass is 16.5. The Morgan fingerprint density at radius 2 is 1.41 bits per heavy atom. The number of allylic oxidation sites excluding steroid dienone is 2. The summed E-state index contributed by atoms with van der Waals surface area (Å²) in [6.45, 7) is 16.7. The third-order valence-electron chi connectivity index (χ3n) is 1.08. The van der Waals surface area contributed by atoms with Gasteiger partial charge < -0.3 is 9.84 Å². The van der Waals surface area contributed by atoms with E-state index in [2.05, 4.69) is 31.1 Å². The third kappa shape index (κ3) is 31.5. The van der Waals surface area contributed by atoms with Gasteiger partial charge in [0.25, 0.3) is 0 Å². The van der Waals surface area contributed by atoms with E-state index in [1.807, 2.05) is 6.92 Å². The molecule has 96 valence electrons. The summed E-state index contributed by atoms with van der Waals surface area (Å²) < 4.78 is 4.14. The zero-order chi connectivity index (χ0) is 14.4. The maximum Gasteiger partial charge on any atom is 0.330 e. The number of carbonyl (C=O) groups excluding carboxylic acids is 1. The first kappa shape index (κ1) is 20.3. The van der Waals surface area contributed by atoms with Crippen molar-refractivity contribution in [3.8, 4) is 0 Å². The highest BCUT2D eigenvalue weighted by Gasteiger charge is 1.90. The van der Waals surface area contributed by atoms with Crippen LogP contribution in [0.4, 0.5) is 0 Å². The lowest BCUT2D eigenvalue weighted by Crippen LogP contribution is -1.92. The molecule has 0 aromatic heterocycles. The lowest BCUT2D eigenvalue weighted by atomic mass is 10.4. The Kier molecular flexibility index (Phi) is 16.6. The normalized spacial score (nSPS) is 7.00. The predicted octanol–water partition coefficient (Wildman–Crippen LogP) is 2.74. The molecule has 0 heterocycles. The van der Waals surface area contributed by atoms with Gasteiger partial charge in [0.1, 0.15) is 0 Å². The molecule has 0 saturated carbocycles. The van der Waals surface area contributed by atoms with E-state index in [0.717, 1.165) is 11.6 Å². The number of hydrogen-bond acceptors (Lipinski definition) is 3. The van der Waals surface area contributed by atoms with Crippen LogP contribution in [0.5, 0.6) is 0 Å². The maximum atomic E-state index is 9.84. The summed E-state index contributed by atoms with van der Waals surface area (Å²) in [7, 11) is 1.31. The highest BCUT2D eigenvalue weighted by Crippen LogP contribution is 1.81. The van der Waals surface area contributed by atoms with Gasteiger partial charge in [-0.2, -0.15) is 0 Å². The fourth-order valence-electron chi connectivity index (χ4n) is 0.0833. The third-order valence-corrected chi connectivity index (χ3v) is 1.08. The number of methoxy groups -OCH3 is 1. The molecule has 4 nitrogen and oxygen atoms in total. The lowest BCUT2D eigenvalue weighted by Gasteiger charge is -1.83. The van der Waals surface area contributed by atoms with E-state index in [9.17, 15) is 9.59 Å². The van der Waals surface area contributed by atoms with Crippen molar-refractivity contribution in [1.29, 1.82) is 0 Å². The fourth-order valence-corrected chi connectivity index (χ4v) is 0.0833. The summed E-state index contributed by atoms with van der Waals surface area (Å²) in [6, 6.07) is 0. The summed E-state index contributed by atoms with van der Waals surface area (Å²) in [4.78, 5) is 19.4. The van der Waals surface area contributed by atoms with Gasteiger partial charge in [0.05, 0.1) is 7.11 Å². The first-order valence-corrected chi connectivity index (χ1v) is 4.60. The number of ether oxygens (including phenoxy) is 1. The molecule has 0 aliphatic heterocycles. The van der Waals surface area contributed by atoms with Crippen molar-refractivity contribution < 1.29 is 19.4 Å². The maximum absolute atomic E-state index is 9.84. The van der Waals surface area contributed by atoms with Crippen LogP contribution in [0.1, 0.15) is 13.8 Å². The first-order valence-electron chi connectivity index (χ1n) is 4.60. The van der Waals surface area contributed by atoms with E-state index >= 15 is 0 Å². The summed E-state index contributed by atoms with van der Waals surface area (Å²) >= 11 is 0. The molecule has 0 fully saturated rings. The molecule has 0 radical (unpaired) electrons. The van der Waals surface area contributed by atoms with Gasteiger partial charge in [0, 0.05) is 11.6 Å². The second kappa shape index (κ2) is 13.9. The van der Waals surface area contributed by atoms with Crippen molar-refractivity contribution in [2.45, 2.75) is 13.8 Å². The van der Waals surface area contributed by atoms with Crippen LogP contribution < -0.4 is 0 Å². The molecule has 0 amide bonds. The van der Waals surface area contributed by atoms with Crippen LogP contribution >= 0.6 is 0 Å². The molecule has 0 aromatic carbocycles. The van der Waals surface area contributed by atoms with E-state index in [4.69, 9.17) is 5.11 Å². The van der Waals surface area contributed by atoms with E-state index in [1.54, 1.807) is 6.08 Å². The lowest BCUT2D eigenvalue weighted by molar-refractivity contribution is -0.135. The van der Waals surface area contributed by atoms with Crippen LogP contribution in [0.25, 0.3) is 0 Å². The summed E-state index contributed by atoms with van der Waals surface area (Å²) in [6.07, 6.45) is 2.83. The topological polar surface area (TPSA) is 63.6 Å². The van der Waals surface area contributed by atoms with Crippen LogP contribution in [-0.2, 0) is 14.3 Å². The van der Waals surface area contributed by atoms with Gasteiger partial charge in [-0.25, -0.2) is 9.59 Å². The average Bonchev–Trinajstić information content (AvgIpc) is 2.29. The fraction of sp³-hybridized carbons (Fsp3) is 0.231. The van der Waals surface area contributed by atoms with Crippen LogP contribution in [-0.4, -0.2) is 24.2 Å². The number of rotatable bonds is 3. The smallest absolute Gasteiger partial charge is 0.330 e. The van der Waals surface area contributed by atoms with Gasteiger partial charge in [-0.3, -0.25) is 0 Å². The molecule has 0 unspecified atom stereocenters. The number of carbonyl (C=O) groups is 2. The molecular weight excluding hydrogens is 220 g/mol. The Hall–Kier alpha value is -2.10. The zero-order valence-electron chi connectivity index (χ0n) is 10.7. The largest absolute Gasteiger partial charge is 0.478 e. The molecule has 17 heavy (non-hydrogen) atoms. The van der Waals surface area contributed by atoms with Crippen LogP contribution in [0.2, 0.25) is 0 Å². The molecule has 0 aromatic rings. The van der Waals surface area contributed by atoms with Gasteiger partial charge >= 0.3 is 11.9 Å². The number of esters is 1. The van der Waals surface area contributed by atoms with Gasteiger partial charge in [0.2, 0.25) is 0 Å². The van der Waals surface area contributed by atoms with E-state index in [-0.39, 0.29) is 5.57 Å². The SMILES string of the molecule is C=C(C)C(=O)O.C=CC(=C)C.C=CC(=O)OC. The number of aliphatic carboxylic acids is 1. The minimum atomic E-state index is -0.935. The Labute approximate surface area is 103 Å². The van der Waals surface area contributed by atoms with Gasteiger partial charge in [-0.05, 0) is 13.8 Å². The molecule has 4 heteroatoms. The molecule has 1 N–H and O–H groups in total. The first-order chi connectivity index (χ1) is 7.72. The molecule has 0 spiro atoms. The average molecular weight is 240 g/mol. The van der Waals surface area contributed by atoms with E-state index in [0.29, 0.717) is 0 Å². The van der Waals surface area contributed by atoms with Crippen molar-refractivity contribution in [1.82, 2.24) is 0 Å². The molecule has 0 atom stereocenters. The van der Waals surface area contributed by atoms with Crippen LogP contribution in [0.3, 0.4) is 0 Å². The summed E-state index contributed by atoms with van der Waals surface area (Å²) in [5.74, 6) is -1.33. The molecule has 0 rings (SSSR count). The van der Waals surface area contributed by atoms with Crippen LogP contribution in [0, 0.1) is 0 Å². The Morgan fingerprint density at radius 1 is 1.12 bits per heavy atom. The van der Waals surface area contributed by atoms with Crippen molar-refractivity contribution in [2.24, 2.45) is 0 Å². The monoisotopic (exact) mass is 240 g/mol. The second-order valence-corrected chi connectivity index (χ2v) is 2.86. The van der Waals surface area contributed by atoms with E-state index < -0.39 is 11.9 Å². The second-order valence-electron chi connectivity index (χ2n) is 2.86. The standard InChI is InChI=1S/C5H8.2C4H6O2/c1-4-5(2)3;1-3-4(5)6-2;1-3(2)4(5)6/h4H,1-2H2,3H3;3H,1H2,2H3;1H2,2H3,(H,5,6). The molecule has 0 aliphatic rings. The van der Waals surface area contributed by atoms with Gasteiger partial charge in [-0.1, -0.05) is 38.0 Å². The zero-order valence-corrected chi connectivity index (χ0v) is 10.7. The molecule has 0 aliphatic carbocycles. The van der Waals surface area contributed by atoms with Gasteiger partial charge in [-0.15, -0.1) is 0 Å². The van der Waals surface area contributed by atoms with Crippen LogP contribution in [0.15, 0.2) is 49.6 Å². The molecule has 0 bridgehead atoms. The Morgan fingerprint density at radius 3 is 1.41 bits per heavy atom. The van der Waals surface area contributed by atoms with E-state index in [1.165, 1.54) is 14.0 Å². The number of carboxylic acids is 1. The minimum absolute atomic E-state index is 0.176. The Bertz CT molecular complexity index is 286. The minimum Gasteiger partial charge on any atom is -0.478 e.